The SMILES string of the molecule is CN(C[C@H](O)COc1cccc(CN2CC(O)C2)c1)C1CCCCC1. The van der Waals surface area contributed by atoms with E-state index in [2.05, 4.69) is 22.9 Å². The molecule has 2 N–H and O–H groups in total. The summed E-state index contributed by atoms with van der Waals surface area (Å²) in [6, 6.07) is 8.64. The van der Waals surface area contributed by atoms with E-state index in [1.165, 1.54) is 37.7 Å². The molecule has 1 aromatic carbocycles. The first-order valence-corrected chi connectivity index (χ1v) is 9.60. The van der Waals surface area contributed by atoms with Crippen LogP contribution >= 0.6 is 0 Å². The summed E-state index contributed by atoms with van der Waals surface area (Å²) in [6.45, 7) is 3.31. The minimum Gasteiger partial charge on any atom is -0.491 e. The van der Waals surface area contributed by atoms with Crippen molar-refractivity contribution in [2.75, 3.05) is 33.3 Å². The normalized spacial score (nSPS) is 21.3. The molecule has 2 fully saturated rings. The summed E-state index contributed by atoms with van der Waals surface area (Å²) in [5.74, 6) is 0.804. The summed E-state index contributed by atoms with van der Waals surface area (Å²) in [6.07, 6.45) is 5.82. The maximum Gasteiger partial charge on any atom is 0.119 e. The Morgan fingerprint density at radius 3 is 2.72 bits per heavy atom. The molecule has 1 atom stereocenters. The molecular weight excluding hydrogens is 316 g/mol. The van der Waals surface area contributed by atoms with Gasteiger partial charge in [-0.2, -0.15) is 0 Å². The van der Waals surface area contributed by atoms with E-state index in [1.807, 2.05) is 18.2 Å². The van der Waals surface area contributed by atoms with Gasteiger partial charge in [0.2, 0.25) is 0 Å². The lowest BCUT2D eigenvalue weighted by Crippen LogP contribution is -2.49. The fourth-order valence-corrected chi connectivity index (χ4v) is 3.91. The predicted octanol–water partition coefficient (Wildman–Crippen LogP) is 1.87. The van der Waals surface area contributed by atoms with Gasteiger partial charge in [0.1, 0.15) is 18.5 Å². The molecule has 1 aromatic rings. The quantitative estimate of drug-likeness (QED) is 0.751. The van der Waals surface area contributed by atoms with Gasteiger partial charge in [-0.05, 0) is 37.6 Å². The van der Waals surface area contributed by atoms with Gasteiger partial charge in [-0.3, -0.25) is 4.90 Å². The molecule has 0 amide bonds. The molecule has 5 nitrogen and oxygen atoms in total. The lowest BCUT2D eigenvalue weighted by atomic mass is 9.94. The lowest BCUT2D eigenvalue weighted by molar-refractivity contribution is -0.00292. The topological polar surface area (TPSA) is 56.2 Å². The first-order valence-electron chi connectivity index (χ1n) is 9.60. The third-order valence-electron chi connectivity index (χ3n) is 5.38. The van der Waals surface area contributed by atoms with Crippen molar-refractivity contribution in [2.45, 2.75) is 56.9 Å². The molecular formula is C20H32N2O3. The van der Waals surface area contributed by atoms with Gasteiger partial charge in [0.25, 0.3) is 0 Å². The molecule has 0 aromatic heterocycles. The number of likely N-dealkylation sites (tertiary alicyclic amines) is 1. The van der Waals surface area contributed by atoms with Gasteiger partial charge >= 0.3 is 0 Å². The third-order valence-corrected chi connectivity index (χ3v) is 5.38. The molecule has 2 aliphatic rings. The van der Waals surface area contributed by atoms with Crippen molar-refractivity contribution < 1.29 is 14.9 Å². The monoisotopic (exact) mass is 348 g/mol. The van der Waals surface area contributed by atoms with E-state index in [9.17, 15) is 10.2 Å². The zero-order valence-electron chi connectivity index (χ0n) is 15.3. The van der Waals surface area contributed by atoms with Crippen molar-refractivity contribution in [1.29, 1.82) is 0 Å². The van der Waals surface area contributed by atoms with Crippen molar-refractivity contribution in [3.05, 3.63) is 29.8 Å². The first-order chi connectivity index (χ1) is 12.1. The van der Waals surface area contributed by atoms with E-state index in [1.54, 1.807) is 0 Å². The molecule has 1 saturated carbocycles. The highest BCUT2D eigenvalue weighted by atomic mass is 16.5. The van der Waals surface area contributed by atoms with Crippen LogP contribution in [0.5, 0.6) is 5.75 Å². The standard InChI is InChI=1S/C20H32N2O3/c1-21(17-7-3-2-4-8-17)12-19(24)15-25-20-9-5-6-16(10-20)11-22-13-18(23)14-22/h5-6,9-10,17-19,23-24H,2-4,7-8,11-15H2,1H3/t19-/m0/s1. The van der Waals surface area contributed by atoms with E-state index in [4.69, 9.17) is 4.74 Å². The number of β-amino-alcohol motifs (C(OH)–C–C–N with tert-alkyl or cyclic N) is 1. The molecule has 25 heavy (non-hydrogen) atoms. The number of hydrogen-bond donors (Lipinski definition) is 2. The van der Waals surface area contributed by atoms with Gasteiger partial charge < -0.3 is 19.8 Å². The Balaban J connectivity index is 1.41. The molecule has 0 spiro atoms. The molecule has 0 unspecified atom stereocenters. The van der Waals surface area contributed by atoms with Crippen LogP contribution in [0, 0.1) is 0 Å². The number of nitrogens with zero attached hydrogens (tertiary/aromatic N) is 2. The van der Waals surface area contributed by atoms with Crippen molar-refractivity contribution in [3.63, 3.8) is 0 Å². The molecule has 5 heteroatoms. The van der Waals surface area contributed by atoms with Crippen molar-refractivity contribution >= 4 is 0 Å². The zero-order valence-corrected chi connectivity index (χ0v) is 15.3. The van der Waals surface area contributed by atoms with Crippen molar-refractivity contribution in [1.82, 2.24) is 9.80 Å². The first kappa shape index (κ1) is 18.6. The fraction of sp³-hybridized carbons (Fsp3) is 0.700. The summed E-state index contributed by atoms with van der Waals surface area (Å²) in [4.78, 5) is 4.50. The number of likely N-dealkylation sites (N-methyl/N-ethyl adjacent to an activating group) is 1. The minimum absolute atomic E-state index is 0.171. The van der Waals surface area contributed by atoms with Gasteiger partial charge in [0, 0.05) is 32.2 Å². The molecule has 1 aliphatic carbocycles. The molecule has 1 saturated heterocycles. The van der Waals surface area contributed by atoms with Crippen LogP contribution in [0.2, 0.25) is 0 Å². The zero-order chi connectivity index (χ0) is 17.6. The number of ether oxygens (including phenoxy) is 1. The van der Waals surface area contributed by atoms with Crippen molar-refractivity contribution in [2.24, 2.45) is 0 Å². The Kier molecular flexibility index (Phi) is 6.70. The Labute approximate surface area is 151 Å². The van der Waals surface area contributed by atoms with Gasteiger partial charge in [-0.1, -0.05) is 31.4 Å². The fourth-order valence-electron chi connectivity index (χ4n) is 3.91. The summed E-state index contributed by atoms with van der Waals surface area (Å²) < 4.78 is 5.81. The molecule has 0 radical (unpaired) electrons. The summed E-state index contributed by atoms with van der Waals surface area (Å²) >= 11 is 0. The number of rotatable bonds is 8. The highest BCUT2D eigenvalue weighted by Crippen LogP contribution is 2.22. The van der Waals surface area contributed by atoms with E-state index in [-0.39, 0.29) is 6.10 Å². The second kappa shape index (κ2) is 8.99. The van der Waals surface area contributed by atoms with Crippen LogP contribution in [0.3, 0.4) is 0 Å². The molecule has 1 heterocycles. The maximum atomic E-state index is 10.3. The Morgan fingerprint density at radius 1 is 1.24 bits per heavy atom. The summed E-state index contributed by atoms with van der Waals surface area (Å²) in [5, 5.41) is 19.7. The van der Waals surface area contributed by atoms with E-state index < -0.39 is 6.10 Å². The maximum absolute atomic E-state index is 10.3. The summed E-state index contributed by atoms with van der Waals surface area (Å²) in [7, 11) is 2.11. The Bertz CT molecular complexity index is 527. The molecule has 1 aliphatic heterocycles. The second-order valence-electron chi connectivity index (χ2n) is 7.69. The van der Waals surface area contributed by atoms with Crippen LogP contribution < -0.4 is 4.74 Å². The highest BCUT2D eigenvalue weighted by molar-refractivity contribution is 5.28. The molecule has 140 valence electrons. The van der Waals surface area contributed by atoms with Gasteiger partial charge in [0.05, 0.1) is 6.10 Å². The van der Waals surface area contributed by atoms with Crippen LogP contribution in [0.25, 0.3) is 0 Å². The van der Waals surface area contributed by atoms with Crippen LogP contribution in [0.4, 0.5) is 0 Å². The van der Waals surface area contributed by atoms with E-state index in [0.29, 0.717) is 19.2 Å². The highest BCUT2D eigenvalue weighted by Gasteiger charge is 2.24. The van der Waals surface area contributed by atoms with Gasteiger partial charge in [-0.25, -0.2) is 0 Å². The summed E-state index contributed by atoms with van der Waals surface area (Å²) in [5.41, 5.74) is 1.18. The minimum atomic E-state index is -0.471. The molecule has 0 bridgehead atoms. The largest absolute Gasteiger partial charge is 0.491 e. The average Bonchev–Trinajstić information content (AvgIpc) is 2.60. The smallest absolute Gasteiger partial charge is 0.119 e. The molecule has 3 rings (SSSR count). The van der Waals surface area contributed by atoms with Crippen LogP contribution in [0.1, 0.15) is 37.7 Å². The van der Waals surface area contributed by atoms with Crippen LogP contribution in [-0.4, -0.2) is 71.6 Å². The number of aliphatic hydroxyl groups is 2. The average molecular weight is 348 g/mol. The Hall–Kier alpha value is -1.14. The number of benzene rings is 1. The number of hydrogen-bond acceptors (Lipinski definition) is 5. The van der Waals surface area contributed by atoms with Crippen LogP contribution in [0.15, 0.2) is 24.3 Å². The Morgan fingerprint density at radius 2 is 2.00 bits per heavy atom. The predicted molar refractivity (Wildman–Crippen MR) is 98.7 cm³/mol. The van der Waals surface area contributed by atoms with Gasteiger partial charge in [0.15, 0.2) is 0 Å². The second-order valence-corrected chi connectivity index (χ2v) is 7.69. The number of aliphatic hydroxyl groups excluding tert-OH is 2. The van der Waals surface area contributed by atoms with Crippen molar-refractivity contribution in [3.8, 4) is 5.75 Å². The van der Waals surface area contributed by atoms with E-state index in [0.717, 1.165) is 25.4 Å². The third kappa shape index (κ3) is 5.68. The van der Waals surface area contributed by atoms with Gasteiger partial charge in [-0.15, -0.1) is 0 Å². The van der Waals surface area contributed by atoms with Crippen LogP contribution in [-0.2, 0) is 6.54 Å². The lowest BCUT2D eigenvalue weighted by Gasteiger charge is -2.35. The van der Waals surface area contributed by atoms with E-state index >= 15 is 0 Å².